The van der Waals surface area contributed by atoms with Crippen LogP contribution < -0.4 is 4.74 Å². The van der Waals surface area contributed by atoms with Crippen LogP contribution in [0.25, 0.3) is 10.9 Å². The maximum Gasteiger partial charge on any atom is 0.268 e. The summed E-state index contributed by atoms with van der Waals surface area (Å²) in [5.74, 6) is -1.82. The SMILES string of the molecule is Cc1ccc(S(=O)(=O)n2ccc3c(CCO)c(Oc4ccc(F)c(C#N)c4)c(F)cc32)cc1. The number of hydrogen-bond acceptors (Lipinski definition) is 5. The number of nitriles is 1. The monoisotopic (exact) mass is 468 g/mol. The van der Waals surface area contributed by atoms with Crippen molar-refractivity contribution < 1.29 is 27.0 Å². The van der Waals surface area contributed by atoms with Crippen molar-refractivity contribution in [1.29, 1.82) is 5.26 Å². The van der Waals surface area contributed by atoms with Crippen LogP contribution >= 0.6 is 0 Å². The van der Waals surface area contributed by atoms with Gasteiger partial charge >= 0.3 is 0 Å². The number of nitrogens with zero attached hydrogens (tertiary/aromatic N) is 2. The Morgan fingerprint density at radius 2 is 1.79 bits per heavy atom. The molecule has 6 nitrogen and oxygen atoms in total. The molecule has 0 fully saturated rings. The van der Waals surface area contributed by atoms with Gasteiger partial charge in [-0.15, -0.1) is 0 Å². The van der Waals surface area contributed by atoms with E-state index in [0.717, 1.165) is 27.7 Å². The van der Waals surface area contributed by atoms with Gasteiger partial charge in [0.05, 0.1) is 16.0 Å². The lowest BCUT2D eigenvalue weighted by Gasteiger charge is -2.15. The first-order chi connectivity index (χ1) is 15.8. The molecule has 0 saturated heterocycles. The minimum absolute atomic E-state index is 0.0233. The standard InChI is InChI=1S/C24H18F2N2O4S/c1-15-2-5-18(6-3-15)33(30,31)28-10-8-19-20(9-11-29)24(22(26)13-23(19)28)32-17-4-7-21(25)16(12-17)14-27/h2-8,10,12-13,29H,9,11H2,1H3. The zero-order chi connectivity index (χ0) is 23.8. The molecule has 1 N–H and O–H groups in total. The molecule has 0 unspecified atom stereocenters. The first kappa shape index (κ1) is 22.5. The molecule has 0 aliphatic rings. The van der Waals surface area contributed by atoms with Crippen molar-refractivity contribution in [2.75, 3.05) is 6.61 Å². The second-order valence-electron chi connectivity index (χ2n) is 7.36. The van der Waals surface area contributed by atoms with Crippen molar-refractivity contribution in [3.8, 4) is 17.6 Å². The van der Waals surface area contributed by atoms with Crippen LogP contribution in [0.4, 0.5) is 8.78 Å². The van der Waals surface area contributed by atoms with Crippen molar-refractivity contribution in [2.24, 2.45) is 0 Å². The van der Waals surface area contributed by atoms with E-state index < -0.39 is 21.7 Å². The summed E-state index contributed by atoms with van der Waals surface area (Å²) < 4.78 is 61.8. The van der Waals surface area contributed by atoms with Gasteiger partial charge in [0, 0.05) is 35.9 Å². The van der Waals surface area contributed by atoms with E-state index in [1.54, 1.807) is 18.2 Å². The van der Waals surface area contributed by atoms with Crippen LogP contribution in [-0.4, -0.2) is 24.1 Å². The maximum atomic E-state index is 15.2. The molecule has 1 aromatic heterocycles. The molecule has 9 heteroatoms. The third-order valence-corrected chi connectivity index (χ3v) is 6.89. The van der Waals surface area contributed by atoms with E-state index in [1.165, 1.54) is 30.5 Å². The van der Waals surface area contributed by atoms with Gasteiger partial charge < -0.3 is 9.84 Å². The second kappa shape index (κ2) is 8.65. The van der Waals surface area contributed by atoms with Gasteiger partial charge in [0.1, 0.15) is 17.6 Å². The summed E-state index contributed by atoms with van der Waals surface area (Å²) >= 11 is 0. The van der Waals surface area contributed by atoms with Gasteiger partial charge in [0.25, 0.3) is 10.0 Å². The molecule has 0 amide bonds. The summed E-state index contributed by atoms with van der Waals surface area (Å²) in [5.41, 5.74) is 0.951. The van der Waals surface area contributed by atoms with Crippen molar-refractivity contribution >= 4 is 20.9 Å². The molecule has 3 aromatic carbocycles. The van der Waals surface area contributed by atoms with Gasteiger partial charge in [-0.2, -0.15) is 5.26 Å². The molecule has 0 radical (unpaired) electrons. The van der Waals surface area contributed by atoms with E-state index in [9.17, 15) is 17.9 Å². The number of benzene rings is 3. The van der Waals surface area contributed by atoms with Crippen LogP contribution in [0.5, 0.6) is 11.5 Å². The van der Waals surface area contributed by atoms with Gasteiger partial charge in [-0.05, 0) is 43.7 Å². The Kier molecular flexibility index (Phi) is 5.89. The van der Waals surface area contributed by atoms with E-state index in [2.05, 4.69) is 0 Å². The largest absolute Gasteiger partial charge is 0.454 e. The fourth-order valence-corrected chi connectivity index (χ4v) is 4.89. The Bertz CT molecular complexity index is 1500. The van der Waals surface area contributed by atoms with Gasteiger partial charge in [0.15, 0.2) is 11.6 Å². The third-order valence-electron chi connectivity index (χ3n) is 5.19. The molecular formula is C24H18F2N2O4S. The molecule has 0 aliphatic carbocycles. The van der Waals surface area contributed by atoms with Crippen LogP contribution in [0.2, 0.25) is 0 Å². The fraction of sp³-hybridized carbons (Fsp3) is 0.125. The third kappa shape index (κ3) is 4.06. The summed E-state index contributed by atoms with van der Waals surface area (Å²) in [5, 5.41) is 18.9. The summed E-state index contributed by atoms with van der Waals surface area (Å²) in [6.07, 6.45) is 1.29. The first-order valence-electron chi connectivity index (χ1n) is 9.89. The highest BCUT2D eigenvalue weighted by Gasteiger charge is 2.24. The molecule has 33 heavy (non-hydrogen) atoms. The van der Waals surface area contributed by atoms with Gasteiger partial charge in [-0.3, -0.25) is 0 Å². The quantitative estimate of drug-likeness (QED) is 0.444. The van der Waals surface area contributed by atoms with Crippen LogP contribution in [0.1, 0.15) is 16.7 Å². The minimum atomic E-state index is -4.00. The van der Waals surface area contributed by atoms with Crippen LogP contribution in [0, 0.1) is 29.9 Å². The van der Waals surface area contributed by atoms with E-state index >= 15 is 4.39 Å². The number of aromatic nitrogens is 1. The molecule has 0 saturated carbocycles. The van der Waals surface area contributed by atoms with Gasteiger partial charge in [-0.25, -0.2) is 21.2 Å². The zero-order valence-electron chi connectivity index (χ0n) is 17.4. The van der Waals surface area contributed by atoms with E-state index in [0.29, 0.717) is 5.39 Å². The predicted molar refractivity (Wildman–Crippen MR) is 118 cm³/mol. The Hall–Kier alpha value is -3.74. The number of ether oxygens (including phenoxy) is 1. The van der Waals surface area contributed by atoms with Crippen LogP contribution in [0.15, 0.2) is 65.7 Å². The summed E-state index contributed by atoms with van der Waals surface area (Å²) in [7, 11) is -4.00. The fourth-order valence-electron chi connectivity index (χ4n) is 3.55. The average molecular weight is 468 g/mol. The highest BCUT2D eigenvalue weighted by atomic mass is 32.2. The number of hydrogen-bond donors (Lipinski definition) is 1. The number of aliphatic hydroxyl groups excluding tert-OH is 1. The number of rotatable bonds is 6. The molecule has 1 heterocycles. The number of aryl methyl sites for hydroxylation is 1. The minimum Gasteiger partial charge on any atom is -0.454 e. The normalized spacial score (nSPS) is 11.5. The van der Waals surface area contributed by atoms with Crippen molar-refractivity contribution in [2.45, 2.75) is 18.2 Å². The number of fused-ring (bicyclic) bond motifs is 1. The molecule has 4 rings (SSSR count). The molecule has 0 aliphatic heterocycles. The topological polar surface area (TPSA) is 92.3 Å². The molecule has 0 atom stereocenters. The predicted octanol–water partition coefficient (Wildman–Crippen LogP) is 4.66. The highest BCUT2D eigenvalue weighted by Crippen LogP contribution is 2.37. The number of halogens is 2. The average Bonchev–Trinajstić information content (AvgIpc) is 3.22. The number of aliphatic hydroxyl groups is 1. The summed E-state index contributed by atoms with van der Waals surface area (Å²) in [4.78, 5) is 0.0467. The van der Waals surface area contributed by atoms with Crippen LogP contribution in [-0.2, 0) is 16.4 Å². The van der Waals surface area contributed by atoms with Crippen LogP contribution in [0.3, 0.4) is 0 Å². The lowest BCUT2D eigenvalue weighted by atomic mass is 10.1. The highest BCUT2D eigenvalue weighted by molar-refractivity contribution is 7.90. The maximum absolute atomic E-state index is 15.2. The molecule has 168 valence electrons. The van der Waals surface area contributed by atoms with Gasteiger partial charge in [0.2, 0.25) is 0 Å². The second-order valence-corrected chi connectivity index (χ2v) is 9.17. The Morgan fingerprint density at radius 1 is 1.06 bits per heavy atom. The van der Waals surface area contributed by atoms with Crippen molar-refractivity contribution in [3.63, 3.8) is 0 Å². The Morgan fingerprint density at radius 3 is 2.45 bits per heavy atom. The lowest BCUT2D eigenvalue weighted by molar-refractivity contribution is 0.297. The van der Waals surface area contributed by atoms with Crippen molar-refractivity contribution in [3.05, 3.63) is 89.1 Å². The molecule has 4 aromatic rings. The molecule has 0 bridgehead atoms. The lowest BCUT2D eigenvalue weighted by Crippen LogP contribution is -2.12. The molecular weight excluding hydrogens is 450 g/mol. The zero-order valence-corrected chi connectivity index (χ0v) is 18.2. The first-order valence-corrected chi connectivity index (χ1v) is 11.3. The Labute approximate surface area is 188 Å². The molecule has 0 spiro atoms. The smallest absolute Gasteiger partial charge is 0.268 e. The Balaban J connectivity index is 1.86. The van der Waals surface area contributed by atoms with Crippen molar-refractivity contribution in [1.82, 2.24) is 3.97 Å². The van der Waals surface area contributed by atoms with Gasteiger partial charge in [-0.1, -0.05) is 17.7 Å². The summed E-state index contributed by atoms with van der Waals surface area (Å²) in [6, 6.07) is 13.9. The van der Waals surface area contributed by atoms with E-state index in [1.807, 2.05) is 6.92 Å². The summed E-state index contributed by atoms with van der Waals surface area (Å²) in [6.45, 7) is 1.48. The van der Waals surface area contributed by atoms with E-state index in [4.69, 9.17) is 10.00 Å². The van der Waals surface area contributed by atoms with E-state index in [-0.39, 0.29) is 46.1 Å².